The van der Waals surface area contributed by atoms with E-state index in [1.54, 1.807) is 6.92 Å². The van der Waals surface area contributed by atoms with Crippen LogP contribution in [0.5, 0.6) is 5.75 Å². The molecule has 1 aromatic heterocycles. The zero-order valence-electron chi connectivity index (χ0n) is 11.6. The number of rotatable bonds is 1. The highest BCUT2D eigenvalue weighted by Gasteiger charge is 2.30. The Morgan fingerprint density at radius 1 is 1.36 bits per heavy atom. The van der Waals surface area contributed by atoms with Gasteiger partial charge < -0.3 is 5.11 Å². The summed E-state index contributed by atoms with van der Waals surface area (Å²) in [6, 6.07) is 1.90. The molecule has 1 fully saturated rings. The number of halogens is 1. The van der Waals surface area contributed by atoms with Gasteiger partial charge in [-0.2, -0.15) is 0 Å². The number of hydrogen-bond acceptors (Lipinski definition) is 5. The predicted octanol–water partition coefficient (Wildman–Crippen LogP) is 1.04. The maximum atomic E-state index is 12.7. The van der Waals surface area contributed by atoms with Crippen molar-refractivity contribution in [3.05, 3.63) is 33.3 Å². The summed E-state index contributed by atoms with van der Waals surface area (Å²) in [6.07, 6.45) is 0.361. The van der Waals surface area contributed by atoms with Crippen molar-refractivity contribution in [1.82, 2.24) is 14.9 Å². The van der Waals surface area contributed by atoms with Gasteiger partial charge in [-0.25, -0.2) is 4.98 Å². The summed E-state index contributed by atoms with van der Waals surface area (Å²) in [7, 11) is 0. The van der Waals surface area contributed by atoms with Crippen LogP contribution in [0.3, 0.4) is 0 Å². The highest BCUT2D eigenvalue weighted by molar-refractivity contribution is 6.31. The lowest BCUT2D eigenvalue weighted by Gasteiger charge is -2.24. The summed E-state index contributed by atoms with van der Waals surface area (Å²) < 4.78 is 1.21. The van der Waals surface area contributed by atoms with Crippen LogP contribution in [-0.4, -0.2) is 26.5 Å². The number of aromatic hydroxyl groups is 1. The lowest BCUT2D eigenvalue weighted by atomic mass is 10.1. The molecule has 0 radical (unpaired) electrons. The Hall–Kier alpha value is -2.41. The van der Waals surface area contributed by atoms with Gasteiger partial charge in [-0.3, -0.25) is 24.3 Å². The van der Waals surface area contributed by atoms with E-state index in [1.807, 2.05) is 0 Å². The molecule has 0 aliphatic carbocycles. The van der Waals surface area contributed by atoms with E-state index >= 15 is 0 Å². The summed E-state index contributed by atoms with van der Waals surface area (Å²) >= 11 is 5.85. The van der Waals surface area contributed by atoms with Gasteiger partial charge in [0.2, 0.25) is 11.8 Å². The van der Waals surface area contributed by atoms with Gasteiger partial charge in [0, 0.05) is 11.4 Å². The van der Waals surface area contributed by atoms with Crippen LogP contribution in [0.4, 0.5) is 0 Å². The van der Waals surface area contributed by atoms with Crippen LogP contribution in [0, 0.1) is 6.92 Å². The lowest BCUT2D eigenvalue weighted by molar-refractivity contribution is -0.135. The molecule has 0 bridgehead atoms. The molecule has 2 heterocycles. The first-order valence-electron chi connectivity index (χ1n) is 6.63. The molecular weight excluding hydrogens is 310 g/mol. The molecule has 2 amide bonds. The number of benzene rings is 1. The molecule has 2 N–H and O–H groups in total. The number of carbonyl (C=O) groups is 2. The molecule has 1 saturated heterocycles. The van der Waals surface area contributed by atoms with Crippen molar-refractivity contribution in [2.24, 2.45) is 0 Å². The number of phenols is 1. The Balaban J connectivity index is 2.25. The first-order chi connectivity index (χ1) is 10.4. The summed E-state index contributed by atoms with van der Waals surface area (Å²) in [5.41, 5.74) is -0.276. The Morgan fingerprint density at radius 3 is 2.77 bits per heavy atom. The molecule has 1 aliphatic rings. The van der Waals surface area contributed by atoms with Crippen LogP contribution in [0.15, 0.2) is 16.9 Å². The molecular formula is C14H12ClN3O4. The third-order valence-corrected chi connectivity index (χ3v) is 3.87. The van der Waals surface area contributed by atoms with Crippen LogP contribution >= 0.6 is 11.6 Å². The summed E-state index contributed by atoms with van der Waals surface area (Å²) in [5, 5.41) is 12.4. The number of nitrogens with one attached hydrogen (secondary N) is 1. The molecule has 114 valence electrons. The first-order valence-corrected chi connectivity index (χ1v) is 7.01. The maximum absolute atomic E-state index is 12.7. The number of phenolic OH excluding ortho intramolecular Hbond substituents is 1. The molecule has 0 spiro atoms. The Morgan fingerprint density at radius 2 is 2.09 bits per heavy atom. The summed E-state index contributed by atoms with van der Waals surface area (Å²) in [5.74, 6) is -0.888. The number of imide groups is 1. The molecule has 2 aromatic rings. The molecule has 0 unspecified atom stereocenters. The van der Waals surface area contributed by atoms with Gasteiger partial charge >= 0.3 is 0 Å². The minimum Gasteiger partial charge on any atom is -0.507 e. The average Bonchev–Trinajstić information content (AvgIpc) is 2.39. The fourth-order valence-electron chi connectivity index (χ4n) is 2.68. The van der Waals surface area contributed by atoms with E-state index in [0.29, 0.717) is 5.82 Å². The fourth-order valence-corrected chi connectivity index (χ4v) is 2.88. The van der Waals surface area contributed by atoms with Crippen molar-refractivity contribution in [2.75, 3.05) is 0 Å². The highest BCUT2D eigenvalue weighted by atomic mass is 35.5. The number of nitrogens with zero attached hydrogens (tertiary/aromatic N) is 2. The smallest absolute Gasteiger partial charge is 0.265 e. The van der Waals surface area contributed by atoms with Gasteiger partial charge in [0.1, 0.15) is 23.0 Å². The number of carbonyl (C=O) groups excluding carboxylic acids is 2. The van der Waals surface area contributed by atoms with Crippen molar-refractivity contribution >= 4 is 34.3 Å². The second-order valence-corrected chi connectivity index (χ2v) is 5.56. The van der Waals surface area contributed by atoms with Gasteiger partial charge in [0.25, 0.3) is 5.56 Å². The second kappa shape index (κ2) is 5.10. The van der Waals surface area contributed by atoms with Crippen LogP contribution in [0.2, 0.25) is 5.02 Å². The molecule has 1 aliphatic heterocycles. The van der Waals surface area contributed by atoms with Gasteiger partial charge in [-0.05, 0) is 25.5 Å². The van der Waals surface area contributed by atoms with E-state index in [9.17, 15) is 19.5 Å². The van der Waals surface area contributed by atoms with Crippen LogP contribution in [-0.2, 0) is 9.59 Å². The zero-order chi connectivity index (χ0) is 16.0. The van der Waals surface area contributed by atoms with Gasteiger partial charge in [-0.1, -0.05) is 11.6 Å². The van der Waals surface area contributed by atoms with E-state index in [-0.39, 0.29) is 40.4 Å². The predicted molar refractivity (Wildman–Crippen MR) is 78.8 cm³/mol. The van der Waals surface area contributed by atoms with Crippen molar-refractivity contribution in [3.63, 3.8) is 0 Å². The fraction of sp³-hybridized carbons (Fsp3) is 0.286. The van der Waals surface area contributed by atoms with E-state index in [0.717, 1.165) is 0 Å². The molecule has 8 heteroatoms. The Bertz CT molecular complexity index is 874. The van der Waals surface area contributed by atoms with Crippen LogP contribution in [0.25, 0.3) is 10.9 Å². The van der Waals surface area contributed by atoms with E-state index in [1.165, 1.54) is 16.7 Å². The van der Waals surface area contributed by atoms with Crippen molar-refractivity contribution < 1.29 is 14.7 Å². The average molecular weight is 322 g/mol. The number of piperidine rings is 1. The number of amides is 2. The second-order valence-electron chi connectivity index (χ2n) is 5.12. The monoisotopic (exact) mass is 321 g/mol. The molecule has 22 heavy (non-hydrogen) atoms. The number of aryl methyl sites for hydroxylation is 1. The van der Waals surface area contributed by atoms with Crippen molar-refractivity contribution in [2.45, 2.75) is 25.8 Å². The first kappa shape index (κ1) is 14.5. The van der Waals surface area contributed by atoms with E-state index in [4.69, 9.17) is 11.6 Å². The Labute approximate surface area is 129 Å². The molecule has 3 rings (SSSR count). The number of hydrogen-bond donors (Lipinski definition) is 2. The number of fused-ring (bicyclic) bond motifs is 1. The quantitative estimate of drug-likeness (QED) is 0.764. The lowest BCUT2D eigenvalue weighted by Crippen LogP contribution is -2.45. The van der Waals surface area contributed by atoms with Crippen LogP contribution < -0.4 is 10.9 Å². The van der Waals surface area contributed by atoms with E-state index in [2.05, 4.69) is 10.3 Å². The molecule has 1 atom stereocenters. The minimum absolute atomic E-state index is 0.000278. The highest BCUT2D eigenvalue weighted by Crippen LogP contribution is 2.27. The van der Waals surface area contributed by atoms with Crippen LogP contribution in [0.1, 0.15) is 24.7 Å². The van der Waals surface area contributed by atoms with E-state index < -0.39 is 17.5 Å². The van der Waals surface area contributed by atoms with Crippen molar-refractivity contribution in [1.29, 1.82) is 0 Å². The molecule has 7 nitrogen and oxygen atoms in total. The zero-order valence-corrected chi connectivity index (χ0v) is 12.3. The topological polar surface area (TPSA) is 101 Å². The van der Waals surface area contributed by atoms with Crippen molar-refractivity contribution in [3.8, 4) is 5.75 Å². The summed E-state index contributed by atoms with van der Waals surface area (Å²) in [4.78, 5) is 40.1. The minimum atomic E-state index is -0.822. The number of aromatic nitrogens is 2. The Kier molecular flexibility index (Phi) is 3.37. The standard InChI is InChI=1S/C14H12ClN3O4/c1-6-16-8-4-7(15)5-10(19)12(8)14(22)18(6)9-2-3-11(20)17-13(9)21/h4-5,9,19H,2-3H2,1H3,(H,17,20,21)/t9-/m0/s1. The third-order valence-electron chi connectivity index (χ3n) is 3.65. The van der Waals surface area contributed by atoms with Gasteiger partial charge in [0.15, 0.2) is 0 Å². The summed E-state index contributed by atoms with van der Waals surface area (Å²) in [6.45, 7) is 1.59. The largest absolute Gasteiger partial charge is 0.507 e. The van der Waals surface area contributed by atoms with Gasteiger partial charge in [-0.15, -0.1) is 0 Å². The maximum Gasteiger partial charge on any atom is 0.265 e. The molecule has 0 saturated carbocycles. The SMILES string of the molecule is Cc1nc2cc(Cl)cc(O)c2c(=O)n1[C@H]1CCC(=O)NC1=O. The third kappa shape index (κ3) is 2.23. The van der Waals surface area contributed by atoms with Gasteiger partial charge in [0.05, 0.1) is 5.52 Å². The molecule has 1 aromatic carbocycles. The normalized spacial score (nSPS) is 18.5.